The second kappa shape index (κ2) is 5.35. The van der Waals surface area contributed by atoms with Crippen molar-refractivity contribution < 1.29 is 19.4 Å². The fourth-order valence-corrected chi connectivity index (χ4v) is 1.50. The number of amides is 2. The van der Waals surface area contributed by atoms with Crippen LogP contribution in [0.5, 0.6) is 0 Å². The zero-order valence-corrected chi connectivity index (χ0v) is 10.4. The number of hydrogen-bond donors (Lipinski definition) is 3. The quantitative estimate of drug-likeness (QED) is 0.672. The van der Waals surface area contributed by atoms with Gasteiger partial charge in [-0.1, -0.05) is 20.8 Å². The predicted octanol–water partition coefficient (Wildman–Crippen LogP) is 0.431. The first-order valence-corrected chi connectivity index (χ1v) is 5.64. The third kappa shape index (κ3) is 4.60. The van der Waals surface area contributed by atoms with Crippen LogP contribution in [0.2, 0.25) is 0 Å². The molecule has 0 radical (unpaired) electrons. The molecule has 0 aromatic rings. The predicted molar refractivity (Wildman–Crippen MR) is 61.7 cm³/mol. The Morgan fingerprint density at radius 2 is 2.00 bits per heavy atom. The van der Waals surface area contributed by atoms with Crippen LogP contribution in [0.3, 0.4) is 0 Å². The highest BCUT2D eigenvalue weighted by molar-refractivity contribution is 5.77. The number of ether oxygens (including phenoxy) is 1. The summed E-state index contributed by atoms with van der Waals surface area (Å²) in [4.78, 5) is 22.4. The Morgan fingerprint density at radius 1 is 1.35 bits per heavy atom. The van der Waals surface area contributed by atoms with Crippen LogP contribution in [0.1, 0.15) is 20.8 Å². The van der Waals surface area contributed by atoms with E-state index in [1.807, 2.05) is 20.8 Å². The topological polar surface area (TPSA) is 87.7 Å². The first-order chi connectivity index (χ1) is 7.79. The summed E-state index contributed by atoms with van der Waals surface area (Å²) in [5.74, 6) is -1.60. The summed E-state index contributed by atoms with van der Waals surface area (Å²) in [5.41, 5.74) is -0.00425. The molecule has 2 unspecified atom stereocenters. The molecule has 2 atom stereocenters. The maximum atomic E-state index is 11.5. The van der Waals surface area contributed by atoms with Crippen molar-refractivity contribution in [2.24, 2.45) is 11.3 Å². The first-order valence-electron chi connectivity index (χ1n) is 5.64. The van der Waals surface area contributed by atoms with Gasteiger partial charge in [-0.3, -0.25) is 4.79 Å². The molecule has 98 valence electrons. The summed E-state index contributed by atoms with van der Waals surface area (Å²) in [6, 6.07) is -0.797. The summed E-state index contributed by atoms with van der Waals surface area (Å²) in [6.45, 7) is 6.95. The smallest absolute Gasteiger partial charge is 0.315 e. The molecule has 0 bridgehead atoms. The Kier molecular flexibility index (Phi) is 4.34. The minimum absolute atomic E-state index is 0.00425. The minimum Gasteiger partial charge on any atom is -0.481 e. The van der Waals surface area contributed by atoms with Crippen molar-refractivity contribution >= 4 is 12.0 Å². The average molecular weight is 244 g/mol. The molecule has 1 heterocycles. The van der Waals surface area contributed by atoms with Crippen molar-refractivity contribution in [2.45, 2.75) is 26.8 Å². The van der Waals surface area contributed by atoms with Crippen LogP contribution in [0, 0.1) is 11.3 Å². The van der Waals surface area contributed by atoms with Gasteiger partial charge in [-0.25, -0.2) is 4.79 Å². The van der Waals surface area contributed by atoms with Gasteiger partial charge in [-0.05, 0) is 5.41 Å². The van der Waals surface area contributed by atoms with E-state index in [0.29, 0.717) is 6.54 Å². The summed E-state index contributed by atoms with van der Waals surface area (Å²) in [7, 11) is 0. The van der Waals surface area contributed by atoms with Gasteiger partial charge >= 0.3 is 12.0 Å². The molecule has 6 heteroatoms. The number of carboxylic acids is 1. The van der Waals surface area contributed by atoms with Crippen LogP contribution < -0.4 is 10.6 Å². The lowest BCUT2D eigenvalue weighted by atomic mass is 9.97. The van der Waals surface area contributed by atoms with E-state index in [2.05, 4.69) is 10.6 Å². The second-order valence-electron chi connectivity index (χ2n) is 5.48. The third-order valence-electron chi connectivity index (χ3n) is 2.49. The van der Waals surface area contributed by atoms with Crippen molar-refractivity contribution in [3.05, 3.63) is 0 Å². The fourth-order valence-electron chi connectivity index (χ4n) is 1.50. The zero-order valence-electron chi connectivity index (χ0n) is 10.4. The summed E-state index contributed by atoms with van der Waals surface area (Å²) < 4.78 is 5.05. The van der Waals surface area contributed by atoms with Gasteiger partial charge in [0.15, 0.2) is 0 Å². The van der Waals surface area contributed by atoms with Crippen molar-refractivity contribution in [3.63, 3.8) is 0 Å². The molecular formula is C11H20N2O4. The van der Waals surface area contributed by atoms with E-state index < -0.39 is 17.9 Å². The number of carbonyl (C=O) groups is 2. The van der Waals surface area contributed by atoms with Gasteiger partial charge in [0.2, 0.25) is 0 Å². The standard InChI is InChI=1S/C11H20N2O4/c1-11(2,3)6-12-10(16)13-8-5-17-4-7(8)9(14)15/h7-8H,4-6H2,1-3H3,(H,14,15)(H2,12,13,16). The molecule has 0 aromatic carbocycles. The zero-order chi connectivity index (χ0) is 13.1. The lowest BCUT2D eigenvalue weighted by Crippen LogP contribution is -2.48. The normalized spacial score (nSPS) is 24.4. The second-order valence-corrected chi connectivity index (χ2v) is 5.48. The van der Waals surface area contributed by atoms with Gasteiger partial charge in [0.25, 0.3) is 0 Å². The van der Waals surface area contributed by atoms with Crippen LogP contribution in [0.4, 0.5) is 4.79 Å². The molecular weight excluding hydrogens is 224 g/mol. The Labute approximate surface area is 101 Å². The maximum Gasteiger partial charge on any atom is 0.315 e. The number of hydrogen-bond acceptors (Lipinski definition) is 3. The maximum absolute atomic E-state index is 11.5. The molecule has 1 aliphatic rings. The number of nitrogens with one attached hydrogen (secondary N) is 2. The van der Waals surface area contributed by atoms with E-state index >= 15 is 0 Å². The van der Waals surface area contributed by atoms with Gasteiger partial charge < -0.3 is 20.5 Å². The molecule has 0 aliphatic carbocycles. The molecule has 17 heavy (non-hydrogen) atoms. The molecule has 1 fully saturated rings. The molecule has 1 aliphatic heterocycles. The van der Waals surface area contributed by atoms with E-state index in [9.17, 15) is 9.59 Å². The molecule has 2 amide bonds. The summed E-state index contributed by atoms with van der Waals surface area (Å²) in [5, 5.41) is 14.2. The minimum atomic E-state index is -0.941. The van der Waals surface area contributed by atoms with Gasteiger partial charge in [-0.15, -0.1) is 0 Å². The fraction of sp³-hybridized carbons (Fsp3) is 0.818. The molecule has 6 nitrogen and oxygen atoms in total. The molecule has 0 aromatic heterocycles. The highest BCUT2D eigenvalue weighted by Gasteiger charge is 2.35. The monoisotopic (exact) mass is 244 g/mol. The number of carboxylic acid groups (broad SMARTS) is 1. The average Bonchev–Trinajstić information content (AvgIpc) is 2.62. The van der Waals surface area contributed by atoms with Crippen LogP contribution in [-0.4, -0.2) is 42.9 Å². The van der Waals surface area contributed by atoms with Crippen LogP contribution in [-0.2, 0) is 9.53 Å². The Balaban J connectivity index is 2.38. The SMILES string of the molecule is CC(C)(C)CNC(=O)NC1COCC1C(=O)O. The highest BCUT2D eigenvalue weighted by Crippen LogP contribution is 2.14. The van der Waals surface area contributed by atoms with Crippen molar-refractivity contribution in [2.75, 3.05) is 19.8 Å². The number of aliphatic carboxylic acids is 1. The van der Waals surface area contributed by atoms with Gasteiger partial charge in [0, 0.05) is 6.54 Å². The van der Waals surface area contributed by atoms with Gasteiger partial charge in [-0.2, -0.15) is 0 Å². The van der Waals surface area contributed by atoms with Crippen LogP contribution in [0.15, 0.2) is 0 Å². The molecule has 1 saturated heterocycles. The lowest BCUT2D eigenvalue weighted by Gasteiger charge is -2.21. The Morgan fingerprint density at radius 3 is 2.53 bits per heavy atom. The molecule has 0 saturated carbocycles. The molecule has 1 rings (SSSR count). The Hall–Kier alpha value is -1.30. The largest absolute Gasteiger partial charge is 0.481 e. The summed E-state index contributed by atoms with van der Waals surface area (Å²) in [6.07, 6.45) is 0. The van der Waals surface area contributed by atoms with E-state index in [4.69, 9.17) is 9.84 Å². The van der Waals surface area contributed by atoms with Crippen molar-refractivity contribution in [1.82, 2.24) is 10.6 Å². The van der Waals surface area contributed by atoms with E-state index in [1.54, 1.807) is 0 Å². The summed E-state index contributed by atoms with van der Waals surface area (Å²) >= 11 is 0. The van der Waals surface area contributed by atoms with Crippen molar-refractivity contribution in [3.8, 4) is 0 Å². The Bertz CT molecular complexity index is 298. The third-order valence-corrected chi connectivity index (χ3v) is 2.49. The van der Waals surface area contributed by atoms with Gasteiger partial charge in [0.05, 0.1) is 19.3 Å². The number of carbonyl (C=O) groups excluding carboxylic acids is 1. The highest BCUT2D eigenvalue weighted by atomic mass is 16.5. The van der Waals surface area contributed by atoms with Crippen molar-refractivity contribution in [1.29, 1.82) is 0 Å². The van der Waals surface area contributed by atoms with Gasteiger partial charge in [0.1, 0.15) is 5.92 Å². The number of urea groups is 1. The lowest BCUT2D eigenvalue weighted by molar-refractivity contribution is -0.142. The van der Waals surface area contributed by atoms with Crippen LogP contribution in [0.25, 0.3) is 0 Å². The molecule has 3 N–H and O–H groups in total. The van der Waals surface area contributed by atoms with Crippen LogP contribution >= 0.6 is 0 Å². The first kappa shape index (κ1) is 13.8. The molecule has 0 spiro atoms. The van der Waals surface area contributed by atoms with E-state index in [-0.39, 0.29) is 24.7 Å². The van der Waals surface area contributed by atoms with E-state index in [1.165, 1.54) is 0 Å². The van der Waals surface area contributed by atoms with E-state index in [0.717, 1.165) is 0 Å². The number of rotatable bonds is 3.